The fourth-order valence-electron chi connectivity index (χ4n) is 1.18. The van der Waals surface area contributed by atoms with Crippen molar-refractivity contribution < 1.29 is 4.79 Å². The summed E-state index contributed by atoms with van der Waals surface area (Å²) < 4.78 is 0. The first kappa shape index (κ1) is 13.4. The molecule has 0 fully saturated rings. The zero-order valence-electron chi connectivity index (χ0n) is 9.57. The molecule has 0 aromatic carbocycles. The van der Waals surface area contributed by atoms with Crippen LogP contribution in [0.2, 0.25) is 0 Å². The fourth-order valence-corrected chi connectivity index (χ4v) is 1.18. The summed E-state index contributed by atoms with van der Waals surface area (Å²) in [6.45, 7) is 6.89. The van der Waals surface area contributed by atoms with E-state index in [4.69, 9.17) is 0 Å². The van der Waals surface area contributed by atoms with E-state index < -0.39 is 0 Å². The van der Waals surface area contributed by atoms with Crippen molar-refractivity contribution in [2.24, 2.45) is 0 Å². The second-order valence-electron chi connectivity index (χ2n) is 3.56. The lowest BCUT2D eigenvalue weighted by Gasteiger charge is -2.04. The number of hydrogen-bond donors (Lipinski definition) is 2. The monoisotopic (exact) mass is 200 g/mol. The number of carbonyl (C=O) groups excluding carboxylic acids is 1. The first-order valence-corrected chi connectivity index (χ1v) is 5.78. The van der Waals surface area contributed by atoms with Gasteiger partial charge in [-0.15, -0.1) is 0 Å². The molecule has 0 aromatic rings. The molecule has 0 unspecified atom stereocenters. The molecule has 3 nitrogen and oxygen atoms in total. The van der Waals surface area contributed by atoms with Crippen LogP contribution >= 0.6 is 0 Å². The van der Waals surface area contributed by atoms with Crippen LogP contribution in [0.15, 0.2) is 0 Å². The Kier molecular flexibility index (Phi) is 10.1. The molecule has 0 saturated carbocycles. The number of rotatable bonds is 9. The molecule has 14 heavy (non-hydrogen) atoms. The Labute approximate surface area is 87.6 Å². The van der Waals surface area contributed by atoms with E-state index in [9.17, 15) is 4.79 Å². The summed E-state index contributed by atoms with van der Waals surface area (Å²) in [5.74, 6) is 0.162. The van der Waals surface area contributed by atoms with Gasteiger partial charge in [-0.2, -0.15) is 0 Å². The van der Waals surface area contributed by atoms with Crippen molar-refractivity contribution in [2.75, 3.05) is 19.6 Å². The Morgan fingerprint density at radius 3 is 2.43 bits per heavy atom. The van der Waals surface area contributed by atoms with Gasteiger partial charge in [-0.1, -0.05) is 26.7 Å². The van der Waals surface area contributed by atoms with E-state index in [0.29, 0.717) is 6.42 Å². The lowest BCUT2D eigenvalue weighted by Crippen LogP contribution is -2.28. The Morgan fingerprint density at radius 1 is 1.00 bits per heavy atom. The van der Waals surface area contributed by atoms with Crippen LogP contribution in [0.3, 0.4) is 0 Å². The number of unbranched alkanes of at least 4 members (excludes halogenated alkanes) is 2. The second kappa shape index (κ2) is 10.5. The highest BCUT2D eigenvalue weighted by Gasteiger charge is 1.97. The quantitative estimate of drug-likeness (QED) is 0.556. The summed E-state index contributed by atoms with van der Waals surface area (Å²) in [6, 6.07) is 0. The molecule has 0 aliphatic rings. The topological polar surface area (TPSA) is 41.1 Å². The summed E-state index contributed by atoms with van der Waals surface area (Å²) in [7, 11) is 0. The highest BCUT2D eigenvalue weighted by Crippen LogP contribution is 1.90. The predicted molar refractivity (Wildman–Crippen MR) is 60.3 cm³/mol. The maximum absolute atomic E-state index is 11.1. The molecular weight excluding hydrogens is 176 g/mol. The van der Waals surface area contributed by atoms with Crippen LogP contribution in [0.4, 0.5) is 0 Å². The van der Waals surface area contributed by atoms with Gasteiger partial charge < -0.3 is 10.6 Å². The van der Waals surface area contributed by atoms with Gasteiger partial charge in [0.15, 0.2) is 0 Å². The van der Waals surface area contributed by atoms with Crippen molar-refractivity contribution in [1.29, 1.82) is 0 Å². The van der Waals surface area contributed by atoms with Crippen molar-refractivity contribution in [3.05, 3.63) is 0 Å². The fraction of sp³-hybridized carbons (Fsp3) is 0.909. The summed E-state index contributed by atoms with van der Waals surface area (Å²) >= 11 is 0. The molecule has 84 valence electrons. The molecule has 0 saturated heterocycles. The van der Waals surface area contributed by atoms with E-state index in [1.54, 1.807) is 0 Å². The first-order chi connectivity index (χ1) is 6.81. The minimum absolute atomic E-state index is 0.162. The Bertz CT molecular complexity index is 137. The molecule has 0 spiro atoms. The SMILES string of the molecule is CCCCCNCCC(=O)NCCC. The molecule has 0 atom stereocenters. The number of amides is 1. The van der Waals surface area contributed by atoms with E-state index in [1.165, 1.54) is 19.3 Å². The smallest absolute Gasteiger partial charge is 0.221 e. The van der Waals surface area contributed by atoms with Crippen LogP contribution in [-0.2, 0) is 4.79 Å². The lowest BCUT2D eigenvalue weighted by atomic mass is 10.2. The van der Waals surface area contributed by atoms with Gasteiger partial charge in [0.05, 0.1) is 0 Å². The molecule has 0 heterocycles. The molecule has 0 rings (SSSR count). The van der Waals surface area contributed by atoms with E-state index in [0.717, 1.165) is 26.1 Å². The predicted octanol–water partition coefficient (Wildman–Crippen LogP) is 1.68. The molecule has 2 N–H and O–H groups in total. The summed E-state index contributed by atoms with van der Waals surface area (Å²) in [4.78, 5) is 11.1. The average Bonchev–Trinajstić information content (AvgIpc) is 2.20. The van der Waals surface area contributed by atoms with Gasteiger partial charge in [0, 0.05) is 19.5 Å². The van der Waals surface area contributed by atoms with E-state index >= 15 is 0 Å². The summed E-state index contributed by atoms with van der Waals surface area (Å²) in [5, 5.41) is 6.12. The largest absolute Gasteiger partial charge is 0.356 e. The molecule has 0 aromatic heterocycles. The van der Waals surface area contributed by atoms with E-state index in [1.807, 2.05) is 0 Å². The number of hydrogen-bond acceptors (Lipinski definition) is 2. The molecular formula is C11H24N2O. The van der Waals surface area contributed by atoms with Crippen LogP contribution in [-0.4, -0.2) is 25.5 Å². The zero-order chi connectivity index (χ0) is 10.6. The summed E-state index contributed by atoms with van der Waals surface area (Å²) in [5.41, 5.74) is 0. The van der Waals surface area contributed by atoms with Crippen molar-refractivity contribution in [3.8, 4) is 0 Å². The molecule has 0 bridgehead atoms. The zero-order valence-corrected chi connectivity index (χ0v) is 9.57. The lowest BCUT2D eigenvalue weighted by molar-refractivity contribution is -0.120. The molecule has 3 heteroatoms. The second-order valence-corrected chi connectivity index (χ2v) is 3.56. The van der Waals surface area contributed by atoms with Crippen LogP contribution in [0.1, 0.15) is 46.0 Å². The van der Waals surface area contributed by atoms with Crippen molar-refractivity contribution >= 4 is 5.91 Å². The minimum Gasteiger partial charge on any atom is -0.356 e. The van der Waals surface area contributed by atoms with Gasteiger partial charge in [-0.3, -0.25) is 4.79 Å². The normalized spacial score (nSPS) is 10.1. The number of carbonyl (C=O) groups is 1. The van der Waals surface area contributed by atoms with Gasteiger partial charge >= 0.3 is 0 Å². The van der Waals surface area contributed by atoms with Crippen LogP contribution in [0, 0.1) is 0 Å². The molecule has 0 aliphatic heterocycles. The maximum atomic E-state index is 11.1. The standard InChI is InChI=1S/C11H24N2O/c1-3-5-6-9-12-10-7-11(14)13-8-4-2/h12H,3-10H2,1-2H3,(H,13,14). The highest BCUT2D eigenvalue weighted by atomic mass is 16.1. The molecule has 0 radical (unpaired) electrons. The summed E-state index contributed by atoms with van der Waals surface area (Å²) in [6.07, 6.45) is 5.35. The third-order valence-electron chi connectivity index (χ3n) is 2.06. The van der Waals surface area contributed by atoms with Crippen molar-refractivity contribution in [2.45, 2.75) is 46.0 Å². The van der Waals surface area contributed by atoms with Crippen LogP contribution < -0.4 is 10.6 Å². The van der Waals surface area contributed by atoms with Gasteiger partial charge in [0.1, 0.15) is 0 Å². The molecule has 0 aliphatic carbocycles. The first-order valence-electron chi connectivity index (χ1n) is 5.78. The van der Waals surface area contributed by atoms with Crippen molar-refractivity contribution in [3.63, 3.8) is 0 Å². The van der Waals surface area contributed by atoms with Gasteiger partial charge in [-0.25, -0.2) is 0 Å². The van der Waals surface area contributed by atoms with Gasteiger partial charge in [0.25, 0.3) is 0 Å². The average molecular weight is 200 g/mol. The Hall–Kier alpha value is -0.570. The Balaban J connectivity index is 3.07. The third kappa shape index (κ3) is 9.52. The van der Waals surface area contributed by atoms with Crippen LogP contribution in [0.5, 0.6) is 0 Å². The molecule has 1 amide bonds. The third-order valence-corrected chi connectivity index (χ3v) is 2.06. The van der Waals surface area contributed by atoms with E-state index in [-0.39, 0.29) is 5.91 Å². The van der Waals surface area contributed by atoms with Gasteiger partial charge in [0.2, 0.25) is 5.91 Å². The maximum Gasteiger partial charge on any atom is 0.221 e. The Morgan fingerprint density at radius 2 is 1.79 bits per heavy atom. The minimum atomic E-state index is 0.162. The van der Waals surface area contributed by atoms with Gasteiger partial charge in [-0.05, 0) is 19.4 Å². The van der Waals surface area contributed by atoms with E-state index in [2.05, 4.69) is 24.5 Å². The van der Waals surface area contributed by atoms with Crippen LogP contribution in [0.25, 0.3) is 0 Å². The van der Waals surface area contributed by atoms with Crippen molar-refractivity contribution in [1.82, 2.24) is 10.6 Å². The highest BCUT2D eigenvalue weighted by molar-refractivity contribution is 5.75. The number of nitrogens with one attached hydrogen (secondary N) is 2.